The van der Waals surface area contributed by atoms with Gasteiger partial charge < -0.3 is 4.57 Å². The number of carbonyl (C=O) groups excluding carboxylic acids is 1. The first-order valence-electron chi connectivity index (χ1n) is 7.83. The lowest BCUT2D eigenvalue weighted by molar-refractivity contribution is -0.118. The third-order valence-corrected chi connectivity index (χ3v) is 4.99. The summed E-state index contributed by atoms with van der Waals surface area (Å²) in [7, 11) is 0. The Morgan fingerprint density at radius 3 is 2.96 bits per heavy atom. The minimum atomic E-state index is -0.161. The van der Waals surface area contributed by atoms with Crippen molar-refractivity contribution in [2.45, 2.75) is 18.6 Å². The largest absolute Gasteiger partial charge is 0.319 e. The van der Waals surface area contributed by atoms with Crippen molar-refractivity contribution in [1.29, 1.82) is 0 Å². The van der Waals surface area contributed by atoms with Gasteiger partial charge in [0.15, 0.2) is 5.16 Å². The van der Waals surface area contributed by atoms with E-state index in [0.29, 0.717) is 0 Å². The molecule has 0 saturated heterocycles. The zero-order valence-electron chi connectivity index (χ0n) is 13.6. The zero-order valence-corrected chi connectivity index (χ0v) is 16.0. The minimum absolute atomic E-state index is 0.161. The van der Waals surface area contributed by atoms with Crippen LogP contribution in [0.25, 0.3) is 11.0 Å². The summed E-state index contributed by atoms with van der Waals surface area (Å²) in [5, 5.41) is 4.84. The molecule has 0 fully saturated rings. The first kappa shape index (κ1) is 17.7. The second kappa shape index (κ2) is 8.31. The highest BCUT2D eigenvalue weighted by Gasteiger charge is 2.11. The van der Waals surface area contributed by atoms with E-state index in [1.165, 1.54) is 11.8 Å². The highest BCUT2D eigenvalue weighted by atomic mass is 79.9. The fraction of sp³-hybridized carbons (Fsp3) is 0.167. The predicted molar refractivity (Wildman–Crippen MR) is 106 cm³/mol. The molecule has 0 saturated carbocycles. The molecule has 1 amide bonds. The quantitative estimate of drug-likeness (QED) is 0.374. The highest BCUT2D eigenvalue weighted by molar-refractivity contribution is 9.10. The molecule has 0 bridgehead atoms. The Morgan fingerprint density at radius 1 is 1.32 bits per heavy atom. The van der Waals surface area contributed by atoms with Gasteiger partial charge in [-0.25, -0.2) is 10.4 Å². The number of hydrazone groups is 1. The van der Waals surface area contributed by atoms with Crippen LogP contribution >= 0.6 is 27.7 Å². The van der Waals surface area contributed by atoms with E-state index in [1.54, 1.807) is 6.21 Å². The number of hydrogen-bond acceptors (Lipinski definition) is 4. The molecule has 0 aliphatic rings. The Morgan fingerprint density at radius 2 is 2.16 bits per heavy atom. The Hall–Kier alpha value is -2.12. The predicted octanol–water partition coefficient (Wildman–Crippen LogP) is 4.06. The van der Waals surface area contributed by atoms with Crippen molar-refractivity contribution >= 4 is 50.8 Å². The Kier molecular flexibility index (Phi) is 5.88. The van der Waals surface area contributed by atoms with E-state index in [1.807, 2.05) is 48.5 Å². The van der Waals surface area contributed by atoms with E-state index in [0.717, 1.165) is 32.8 Å². The number of benzene rings is 2. The lowest BCUT2D eigenvalue weighted by Crippen LogP contribution is -2.20. The summed E-state index contributed by atoms with van der Waals surface area (Å²) in [4.78, 5) is 16.6. The van der Waals surface area contributed by atoms with E-state index in [4.69, 9.17) is 0 Å². The van der Waals surface area contributed by atoms with Crippen molar-refractivity contribution in [3.8, 4) is 0 Å². The van der Waals surface area contributed by atoms with E-state index < -0.39 is 0 Å². The average Bonchev–Trinajstić information content (AvgIpc) is 2.97. The molecule has 1 N–H and O–H groups in total. The summed E-state index contributed by atoms with van der Waals surface area (Å²) < 4.78 is 3.08. The van der Waals surface area contributed by atoms with E-state index in [-0.39, 0.29) is 11.7 Å². The van der Waals surface area contributed by atoms with Gasteiger partial charge in [-0.15, -0.1) is 0 Å². The Balaban J connectivity index is 1.59. The van der Waals surface area contributed by atoms with Crippen molar-refractivity contribution in [3.05, 3.63) is 58.6 Å². The molecule has 1 heterocycles. The molecule has 0 atom stereocenters. The minimum Gasteiger partial charge on any atom is -0.319 e. The summed E-state index contributed by atoms with van der Waals surface area (Å²) in [6.45, 7) is 2.88. The number of aryl methyl sites for hydroxylation is 1. The molecule has 1 aromatic heterocycles. The monoisotopic (exact) mass is 416 g/mol. The standard InChI is InChI=1S/C18H17BrN4OS/c1-2-23-16-9-4-3-8-15(16)21-18(23)25-12-17(24)22-20-11-13-6-5-7-14(19)10-13/h3-11H,2,12H2,1H3,(H,22,24)/b20-11-. The average molecular weight is 417 g/mol. The van der Waals surface area contributed by atoms with Crippen LogP contribution in [0.4, 0.5) is 0 Å². The fourth-order valence-corrected chi connectivity index (χ4v) is 3.69. The van der Waals surface area contributed by atoms with Crippen molar-refractivity contribution < 1.29 is 4.79 Å². The highest BCUT2D eigenvalue weighted by Crippen LogP contribution is 2.23. The van der Waals surface area contributed by atoms with Crippen molar-refractivity contribution in [3.63, 3.8) is 0 Å². The maximum absolute atomic E-state index is 12.0. The number of para-hydroxylation sites is 2. The van der Waals surface area contributed by atoms with Gasteiger partial charge in [0.25, 0.3) is 5.91 Å². The van der Waals surface area contributed by atoms with Crippen LogP contribution in [0.15, 0.2) is 63.3 Å². The number of thioether (sulfide) groups is 1. The van der Waals surface area contributed by atoms with E-state index in [2.05, 4.69) is 42.9 Å². The molecule has 25 heavy (non-hydrogen) atoms. The number of carbonyl (C=O) groups is 1. The molecule has 0 unspecified atom stereocenters. The number of halogens is 1. The van der Waals surface area contributed by atoms with Gasteiger partial charge >= 0.3 is 0 Å². The van der Waals surface area contributed by atoms with Crippen molar-refractivity contribution in [2.75, 3.05) is 5.75 Å². The number of nitrogens with zero attached hydrogens (tertiary/aromatic N) is 3. The first-order chi connectivity index (χ1) is 12.2. The zero-order chi connectivity index (χ0) is 17.6. The van der Waals surface area contributed by atoms with Crippen LogP contribution < -0.4 is 5.43 Å². The van der Waals surface area contributed by atoms with Gasteiger partial charge in [0.2, 0.25) is 0 Å². The third kappa shape index (κ3) is 4.49. The molecule has 5 nitrogen and oxygen atoms in total. The van der Waals surface area contributed by atoms with Gasteiger partial charge in [-0.1, -0.05) is 52.0 Å². The molecule has 2 aromatic carbocycles. The summed E-state index contributed by atoms with van der Waals surface area (Å²) in [5.74, 6) is 0.102. The normalized spacial score (nSPS) is 11.3. The van der Waals surface area contributed by atoms with Gasteiger partial charge in [0.1, 0.15) is 0 Å². The van der Waals surface area contributed by atoms with E-state index >= 15 is 0 Å². The van der Waals surface area contributed by atoms with Gasteiger partial charge in [-0.05, 0) is 36.8 Å². The van der Waals surface area contributed by atoms with Gasteiger partial charge in [-0.3, -0.25) is 4.79 Å². The number of nitrogens with one attached hydrogen (secondary N) is 1. The van der Waals surface area contributed by atoms with Crippen molar-refractivity contribution in [1.82, 2.24) is 15.0 Å². The topological polar surface area (TPSA) is 59.3 Å². The third-order valence-electron chi connectivity index (χ3n) is 3.52. The van der Waals surface area contributed by atoms with Crippen LogP contribution in [0.3, 0.4) is 0 Å². The molecule has 0 aliphatic heterocycles. The Bertz CT molecular complexity index is 922. The van der Waals surface area contributed by atoms with Crippen LogP contribution in [0.2, 0.25) is 0 Å². The first-order valence-corrected chi connectivity index (χ1v) is 9.61. The number of fused-ring (bicyclic) bond motifs is 1. The summed E-state index contributed by atoms with van der Waals surface area (Å²) in [6.07, 6.45) is 1.62. The molecule has 0 spiro atoms. The molecule has 3 aromatic rings. The second-order valence-electron chi connectivity index (χ2n) is 5.26. The lowest BCUT2D eigenvalue weighted by Gasteiger charge is -2.04. The van der Waals surface area contributed by atoms with Crippen LogP contribution in [0.5, 0.6) is 0 Å². The summed E-state index contributed by atoms with van der Waals surface area (Å²) >= 11 is 4.81. The lowest BCUT2D eigenvalue weighted by atomic mass is 10.2. The van der Waals surface area contributed by atoms with Crippen LogP contribution in [-0.4, -0.2) is 27.4 Å². The van der Waals surface area contributed by atoms with Gasteiger partial charge in [0.05, 0.1) is 23.0 Å². The summed E-state index contributed by atoms with van der Waals surface area (Å²) in [5.41, 5.74) is 5.49. The second-order valence-corrected chi connectivity index (χ2v) is 7.12. The van der Waals surface area contributed by atoms with Gasteiger partial charge in [0, 0.05) is 11.0 Å². The molecule has 128 valence electrons. The maximum Gasteiger partial charge on any atom is 0.250 e. The molecular weight excluding hydrogens is 400 g/mol. The molecule has 7 heteroatoms. The molecular formula is C18H17BrN4OS. The number of rotatable bonds is 6. The maximum atomic E-state index is 12.0. The number of hydrogen-bond donors (Lipinski definition) is 1. The van der Waals surface area contributed by atoms with Gasteiger partial charge in [-0.2, -0.15) is 5.10 Å². The van der Waals surface area contributed by atoms with Crippen molar-refractivity contribution in [2.24, 2.45) is 5.10 Å². The smallest absolute Gasteiger partial charge is 0.250 e. The molecule has 0 aliphatic carbocycles. The van der Waals surface area contributed by atoms with Crippen LogP contribution in [0.1, 0.15) is 12.5 Å². The van der Waals surface area contributed by atoms with E-state index in [9.17, 15) is 4.79 Å². The SMILES string of the molecule is CCn1c(SCC(=O)N/N=C\c2cccc(Br)c2)nc2ccccc21. The Labute approximate surface area is 158 Å². The van der Waals surface area contributed by atoms with Crippen LogP contribution in [0, 0.1) is 0 Å². The molecule has 3 rings (SSSR count). The van der Waals surface area contributed by atoms with Crippen LogP contribution in [-0.2, 0) is 11.3 Å². The summed E-state index contributed by atoms with van der Waals surface area (Å²) in [6, 6.07) is 15.7. The molecule has 0 radical (unpaired) electrons. The fourth-order valence-electron chi connectivity index (χ4n) is 2.40. The number of amides is 1. The number of imidazole rings is 1. The number of aromatic nitrogens is 2.